The van der Waals surface area contributed by atoms with Crippen molar-refractivity contribution in [1.82, 2.24) is 5.32 Å². The maximum absolute atomic E-state index is 12.6. The first kappa shape index (κ1) is 20.9. The number of allylic oxidation sites excluding steroid dienone is 2. The average molecular weight is 424 g/mol. The molecule has 1 unspecified atom stereocenters. The molecule has 5 heteroatoms. The lowest BCUT2D eigenvalue weighted by Crippen LogP contribution is -2.32. The highest BCUT2D eigenvalue weighted by molar-refractivity contribution is 7.12. The molecule has 1 aromatic heterocycles. The van der Waals surface area contributed by atoms with Gasteiger partial charge >= 0.3 is 5.97 Å². The number of aliphatic carboxylic acids is 1. The Bertz CT molecular complexity index is 909. The zero-order valence-electron chi connectivity index (χ0n) is 17.2. The molecule has 1 amide bonds. The van der Waals surface area contributed by atoms with E-state index in [0.717, 1.165) is 49.8 Å². The molecule has 2 aliphatic carbocycles. The van der Waals surface area contributed by atoms with E-state index >= 15 is 0 Å². The number of hydrogen-bond acceptors (Lipinski definition) is 3. The molecule has 2 N–H and O–H groups in total. The molecule has 30 heavy (non-hydrogen) atoms. The van der Waals surface area contributed by atoms with Gasteiger partial charge in [-0.2, -0.15) is 0 Å². The van der Waals surface area contributed by atoms with Gasteiger partial charge in [0.05, 0.1) is 10.8 Å². The van der Waals surface area contributed by atoms with E-state index < -0.39 is 5.97 Å². The topological polar surface area (TPSA) is 66.4 Å². The summed E-state index contributed by atoms with van der Waals surface area (Å²) >= 11 is 1.51. The second kappa shape index (κ2) is 9.61. The fourth-order valence-corrected chi connectivity index (χ4v) is 5.53. The SMILES string of the molecule is O=C(NC[C@H]1CC[C@H](C(=O)O)CC1)c1cc(C2=CCC(c3ccccc3)CC2)cs1. The quantitative estimate of drug-likeness (QED) is 0.624. The van der Waals surface area contributed by atoms with Crippen LogP contribution < -0.4 is 5.32 Å². The Balaban J connectivity index is 1.28. The Labute approximate surface area is 182 Å². The van der Waals surface area contributed by atoms with Gasteiger partial charge in [-0.1, -0.05) is 36.4 Å². The van der Waals surface area contributed by atoms with E-state index in [2.05, 4.69) is 47.1 Å². The first-order chi connectivity index (χ1) is 14.6. The average Bonchev–Trinajstić information content (AvgIpc) is 3.29. The second-order valence-corrected chi connectivity index (χ2v) is 9.49. The van der Waals surface area contributed by atoms with Gasteiger partial charge in [-0.05, 0) is 84.9 Å². The largest absolute Gasteiger partial charge is 0.481 e. The molecule has 2 aliphatic rings. The van der Waals surface area contributed by atoms with Gasteiger partial charge in [0.25, 0.3) is 5.91 Å². The molecule has 2 aromatic rings. The van der Waals surface area contributed by atoms with Gasteiger partial charge in [0.1, 0.15) is 0 Å². The molecule has 0 saturated heterocycles. The van der Waals surface area contributed by atoms with Crippen LogP contribution in [0.5, 0.6) is 0 Å². The van der Waals surface area contributed by atoms with Crippen molar-refractivity contribution in [3.05, 3.63) is 63.9 Å². The van der Waals surface area contributed by atoms with Crippen molar-refractivity contribution in [3.63, 3.8) is 0 Å². The first-order valence-corrected chi connectivity index (χ1v) is 11.8. The van der Waals surface area contributed by atoms with Crippen LogP contribution in [0.1, 0.15) is 71.7 Å². The van der Waals surface area contributed by atoms with Crippen molar-refractivity contribution in [2.45, 2.75) is 50.9 Å². The van der Waals surface area contributed by atoms with Gasteiger partial charge < -0.3 is 10.4 Å². The molecule has 1 saturated carbocycles. The molecular weight excluding hydrogens is 394 g/mol. The summed E-state index contributed by atoms with van der Waals surface area (Å²) in [6.45, 7) is 0.639. The van der Waals surface area contributed by atoms with E-state index in [1.807, 2.05) is 6.07 Å². The molecule has 158 valence electrons. The fraction of sp³-hybridized carbons (Fsp3) is 0.440. The Morgan fingerprint density at radius 3 is 2.50 bits per heavy atom. The van der Waals surface area contributed by atoms with E-state index in [-0.39, 0.29) is 11.8 Å². The van der Waals surface area contributed by atoms with Crippen LogP contribution in [0.3, 0.4) is 0 Å². The number of benzene rings is 1. The summed E-state index contributed by atoms with van der Waals surface area (Å²) in [5, 5.41) is 14.3. The summed E-state index contributed by atoms with van der Waals surface area (Å²) in [5.41, 5.74) is 3.94. The van der Waals surface area contributed by atoms with Crippen LogP contribution >= 0.6 is 11.3 Å². The summed E-state index contributed by atoms with van der Waals surface area (Å²) < 4.78 is 0. The zero-order valence-corrected chi connectivity index (χ0v) is 18.0. The number of thiophene rings is 1. The number of carboxylic acids is 1. The highest BCUT2D eigenvalue weighted by atomic mass is 32.1. The highest BCUT2D eigenvalue weighted by Crippen LogP contribution is 2.37. The van der Waals surface area contributed by atoms with Crippen LogP contribution in [0.25, 0.3) is 5.57 Å². The number of hydrogen-bond donors (Lipinski definition) is 2. The van der Waals surface area contributed by atoms with Crippen molar-refractivity contribution in [2.24, 2.45) is 11.8 Å². The first-order valence-electron chi connectivity index (χ1n) is 10.9. The lowest BCUT2D eigenvalue weighted by Gasteiger charge is -2.26. The molecule has 0 aliphatic heterocycles. The smallest absolute Gasteiger partial charge is 0.306 e. The monoisotopic (exact) mass is 423 g/mol. The Morgan fingerprint density at radius 2 is 1.83 bits per heavy atom. The van der Waals surface area contributed by atoms with Crippen LogP contribution in [0, 0.1) is 11.8 Å². The summed E-state index contributed by atoms with van der Waals surface area (Å²) in [7, 11) is 0. The normalized spacial score (nSPS) is 24.1. The molecule has 0 radical (unpaired) electrons. The summed E-state index contributed by atoms with van der Waals surface area (Å²) in [6, 6.07) is 12.7. The van der Waals surface area contributed by atoms with Crippen LogP contribution in [0.4, 0.5) is 0 Å². The number of carbonyl (C=O) groups excluding carboxylic acids is 1. The predicted molar refractivity (Wildman–Crippen MR) is 121 cm³/mol. The third kappa shape index (κ3) is 5.01. The van der Waals surface area contributed by atoms with Crippen molar-refractivity contribution in [1.29, 1.82) is 0 Å². The van der Waals surface area contributed by atoms with Crippen LogP contribution in [-0.2, 0) is 4.79 Å². The molecule has 1 heterocycles. The molecule has 4 rings (SSSR count). The standard InChI is InChI=1S/C25H29NO3S/c27-24(26-15-17-6-8-21(9-7-17)25(28)29)23-14-22(16-30-23)20-12-10-19(11-13-20)18-4-2-1-3-5-18/h1-5,12,14,16-17,19,21H,6-11,13,15H2,(H,26,27)(H,28,29)/t17-,19?,21-. The molecule has 0 spiro atoms. The number of nitrogens with one attached hydrogen (secondary N) is 1. The van der Waals surface area contributed by atoms with E-state index in [0.29, 0.717) is 18.4 Å². The number of carbonyl (C=O) groups is 2. The van der Waals surface area contributed by atoms with Crippen molar-refractivity contribution >= 4 is 28.8 Å². The van der Waals surface area contributed by atoms with Crippen molar-refractivity contribution in [3.8, 4) is 0 Å². The Morgan fingerprint density at radius 1 is 1.07 bits per heavy atom. The van der Waals surface area contributed by atoms with Gasteiger partial charge in [-0.15, -0.1) is 11.3 Å². The minimum Gasteiger partial charge on any atom is -0.481 e. The second-order valence-electron chi connectivity index (χ2n) is 8.58. The van der Waals surface area contributed by atoms with Crippen LogP contribution in [-0.4, -0.2) is 23.5 Å². The van der Waals surface area contributed by atoms with Gasteiger partial charge in [-0.3, -0.25) is 9.59 Å². The van der Waals surface area contributed by atoms with E-state index in [9.17, 15) is 9.59 Å². The van der Waals surface area contributed by atoms with Crippen LogP contribution in [0.2, 0.25) is 0 Å². The minimum atomic E-state index is -0.685. The van der Waals surface area contributed by atoms with E-state index in [1.54, 1.807) is 0 Å². The van der Waals surface area contributed by atoms with Crippen LogP contribution in [0.15, 0.2) is 47.9 Å². The highest BCUT2D eigenvalue weighted by Gasteiger charge is 2.26. The molecule has 4 nitrogen and oxygen atoms in total. The minimum absolute atomic E-state index is 0.00909. The Hall–Kier alpha value is -2.40. The summed E-state index contributed by atoms with van der Waals surface area (Å²) in [6.07, 6.45) is 8.77. The third-order valence-electron chi connectivity index (χ3n) is 6.62. The van der Waals surface area contributed by atoms with Gasteiger partial charge in [0.15, 0.2) is 0 Å². The van der Waals surface area contributed by atoms with Gasteiger partial charge in [0.2, 0.25) is 0 Å². The van der Waals surface area contributed by atoms with Gasteiger partial charge in [-0.25, -0.2) is 0 Å². The fourth-order valence-electron chi connectivity index (χ4n) is 4.69. The number of carboxylic acid groups (broad SMARTS) is 1. The lowest BCUT2D eigenvalue weighted by atomic mass is 9.82. The van der Waals surface area contributed by atoms with Crippen molar-refractivity contribution in [2.75, 3.05) is 6.54 Å². The van der Waals surface area contributed by atoms with Crippen molar-refractivity contribution < 1.29 is 14.7 Å². The number of amides is 1. The maximum atomic E-state index is 12.6. The molecule has 1 fully saturated rings. The van der Waals surface area contributed by atoms with Gasteiger partial charge in [0, 0.05) is 6.54 Å². The third-order valence-corrected chi connectivity index (χ3v) is 7.55. The molecule has 1 atom stereocenters. The molecule has 1 aromatic carbocycles. The van der Waals surface area contributed by atoms with E-state index in [1.165, 1.54) is 28.0 Å². The molecular formula is C25H29NO3S. The van der Waals surface area contributed by atoms with E-state index in [4.69, 9.17) is 5.11 Å². The summed E-state index contributed by atoms with van der Waals surface area (Å²) in [4.78, 5) is 24.4. The predicted octanol–water partition coefficient (Wildman–Crippen LogP) is 5.72. The Kier molecular flexibility index (Phi) is 6.68. The lowest BCUT2D eigenvalue weighted by molar-refractivity contribution is -0.143. The maximum Gasteiger partial charge on any atom is 0.306 e. The molecule has 0 bridgehead atoms. The number of rotatable bonds is 6. The zero-order chi connectivity index (χ0) is 20.9. The summed E-state index contributed by atoms with van der Waals surface area (Å²) in [5.74, 6) is 0.0791.